The molecule has 4 heteroatoms. The number of hydrogen-bond acceptors (Lipinski definition) is 4. The van der Waals surface area contributed by atoms with Crippen LogP contribution in [0, 0.1) is 0 Å². The van der Waals surface area contributed by atoms with Gasteiger partial charge in [-0.3, -0.25) is 4.79 Å². The second kappa shape index (κ2) is 9.93. The van der Waals surface area contributed by atoms with Gasteiger partial charge in [0.05, 0.1) is 12.2 Å². The molecule has 0 aromatic rings. The number of carbonyl (C=O) groups excluding carboxylic acids is 2. The van der Waals surface area contributed by atoms with Crippen LogP contribution in [0.5, 0.6) is 0 Å². The number of ether oxygens (including phenoxy) is 2. The van der Waals surface area contributed by atoms with Crippen LogP contribution in [0.4, 0.5) is 0 Å². The van der Waals surface area contributed by atoms with Gasteiger partial charge in [-0.2, -0.15) is 0 Å². The van der Waals surface area contributed by atoms with Gasteiger partial charge in [-0.1, -0.05) is 20.8 Å². The van der Waals surface area contributed by atoms with E-state index in [0.29, 0.717) is 32.3 Å². The smallest absolute Gasteiger partial charge is 0.306 e. The molecule has 0 spiro atoms. The number of rotatable bonds is 12. The van der Waals surface area contributed by atoms with E-state index in [9.17, 15) is 9.59 Å². The quantitative estimate of drug-likeness (QED) is 0.310. The molecular formula is C17H32O4. The predicted molar refractivity (Wildman–Crippen MR) is 84.3 cm³/mol. The van der Waals surface area contributed by atoms with Crippen molar-refractivity contribution in [3.05, 3.63) is 0 Å². The van der Waals surface area contributed by atoms with E-state index in [0.717, 1.165) is 25.5 Å². The summed E-state index contributed by atoms with van der Waals surface area (Å²) in [7, 11) is 0. The summed E-state index contributed by atoms with van der Waals surface area (Å²) >= 11 is 0. The Bertz CT molecular complexity index is 310. The molecule has 4 nitrogen and oxygen atoms in total. The van der Waals surface area contributed by atoms with E-state index >= 15 is 0 Å². The first-order chi connectivity index (χ1) is 9.84. The average Bonchev–Trinajstić information content (AvgIpc) is 2.47. The molecule has 0 aliphatic rings. The molecule has 0 heterocycles. The molecule has 0 amide bonds. The predicted octanol–water partition coefficient (Wildman–Crippen LogP) is 4.05. The molecule has 124 valence electrons. The number of unbranched alkanes of at least 4 members (excludes halogenated alkanes) is 1. The Hall–Kier alpha value is -0.900. The molecule has 0 saturated heterocycles. The van der Waals surface area contributed by atoms with Crippen LogP contribution in [0.1, 0.15) is 79.6 Å². The Morgan fingerprint density at radius 3 is 2.10 bits per heavy atom. The summed E-state index contributed by atoms with van der Waals surface area (Å²) in [6.07, 6.45) is 5.49. The van der Waals surface area contributed by atoms with Crippen LogP contribution >= 0.6 is 0 Å². The zero-order valence-electron chi connectivity index (χ0n) is 14.4. The Morgan fingerprint density at radius 1 is 1.05 bits per heavy atom. The standard InChI is InChI=1S/C17H32O4/c1-6-16(4,7-2)20-14-12-17(5,8-3)21-15(19)11-9-10-13-18/h13H,6-12,14H2,1-5H3/t17-/m1/s1. The Balaban J connectivity index is 4.27. The van der Waals surface area contributed by atoms with Crippen molar-refractivity contribution in [2.24, 2.45) is 0 Å². The van der Waals surface area contributed by atoms with Gasteiger partial charge >= 0.3 is 5.97 Å². The van der Waals surface area contributed by atoms with Gasteiger partial charge in [-0.05, 0) is 39.5 Å². The van der Waals surface area contributed by atoms with Crippen LogP contribution in [0.25, 0.3) is 0 Å². The Labute approximate surface area is 129 Å². The lowest BCUT2D eigenvalue weighted by Crippen LogP contribution is -2.35. The molecule has 0 bridgehead atoms. The largest absolute Gasteiger partial charge is 0.459 e. The number of aldehydes is 1. The minimum atomic E-state index is -0.485. The zero-order valence-corrected chi connectivity index (χ0v) is 14.4. The summed E-state index contributed by atoms with van der Waals surface area (Å²) < 4.78 is 11.5. The lowest BCUT2D eigenvalue weighted by atomic mass is 9.97. The van der Waals surface area contributed by atoms with Crippen LogP contribution < -0.4 is 0 Å². The number of esters is 1. The maximum absolute atomic E-state index is 11.8. The lowest BCUT2D eigenvalue weighted by Gasteiger charge is -2.32. The summed E-state index contributed by atoms with van der Waals surface area (Å²) in [4.78, 5) is 22.0. The van der Waals surface area contributed by atoms with Gasteiger partial charge in [0.15, 0.2) is 0 Å². The molecule has 21 heavy (non-hydrogen) atoms. The third-order valence-electron chi connectivity index (χ3n) is 4.39. The van der Waals surface area contributed by atoms with Crippen molar-refractivity contribution >= 4 is 12.3 Å². The summed E-state index contributed by atoms with van der Waals surface area (Å²) in [5.74, 6) is -0.227. The molecule has 0 N–H and O–H groups in total. The van der Waals surface area contributed by atoms with Gasteiger partial charge in [0.2, 0.25) is 0 Å². The Kier molecular flexibility index (Phi) is 9.51. The van der Waals surface area contributed by atoms with E-state index in [1.807, 2.05) is 13.8 Å². The molecule has 0 aliphatic carbocycles. The summed E-state index contributed by atoms with van der Waals surface area (Å²) in [5.41, 5.74) is -0.580. The fourth-order valence-electron chi connectivity index (χ4n) is 1.92. The van der Waals surface area contributed by atoms with Gasteiger partial charge in [0.25, 0.3) is 0 Å². The molecule has 0 saturated carbocycles. The summed E-state index contributed by atoms with van der Waals surface area (Å²) in [6.45, 7) is 10.9. The van der Waals surface area contributed by atoms with E-state index in [4.69, 9.17) is 9.47 Å². The van der Waals surface area contributed by atoms with Gasteiger partial charge in [-0.15, -0.1) is 0 Å². The van der Waals surface area contributed by atoms with E-state index in [1.54, 1.807) is 0 Å². The maximum Gasteiger partial charge on any atom is 0.306 e. The molecule has 0 aliphatic heterocycles. The summed E-state index contributed by atoms with van der Waals surface area (Å²) in [5, 5.41) is 0. The van der Waals surface area contributed by atoms with Crippen molar-refractivity contribution in [3.8, 4) is 0 Å². The van der Waals surface area contributed by atoms with Crippen LogP contribution in [0.2, 0.25) is 0 Å². The van der Waals surface area contributed by atoms with Crippen molar-refractivity contribution in [2.75, 3.05) is 6.61 Å². The first kappa shape index (κ1) is 20.1. The maximum atomic E-state index is 11.8. The SMILES string of the molecule is CCC(C)(CC)OCC[C@@](C)(CC)OC(=O)CCCC=O. The van der Waals surface area contributed by atoms with Gasteiger partial charge in [0, 0.05) is 19.3 Å². The monoisotopic (exact) mass is 300 g/mol. The number of hydrogen-bond donors (Lipinski definition) is 0. The van der Waals surface area contributed by atoms with Crippen molar-refractivity contribution in [2.45, 2.75) is 90.8 Å². The molecule has 0 aromatic carbocycles. The third-order valence-corrected chi connectivity index (χ3v) is 4.39. The first-order valence-electron chi connectivity index (χ1n) is 8.14. The highest BCUT2D eigenvalue weighted by molar-refractivity contribution is 5.70. The second-order valence-electron chi connectivity index (χ2n) is 6.09. The minimum Gasteiger partial charge on any atom is -0.459 e. The third kappa shape index (κ3) is 8.20. The molecule has 0 radical (unpaired) electrons. The van der Waals surface area contributed by atoms with Crippen molar-refractivity contribution in [1.29, 1.82) is 0 Å². The van der Waals surface area contributed by atoms with Crippen molar-refractivity contribution in [3.63, 3.8) is 0 Å². The molecule has 0 unspecified atom stereocenters. The fourth-order valence-corrected chi connectivity index (χ4v) is 1.92. The molecule has 0 fully saturated rings. The van der Waals surface area contributed by atoms with Gasteiger partial charge < -0.3 is 14.3 Å². The molecule has 0 aromatic heterocycles. The van der Waals surface area contributed by atoms with E-state index in [1.165, 1.54) is 0 Å². The number of carbonyl (C=O) groups is 2. The Morgan fingerprint density at radius 2 is 1.62 bits per heavy atom. The molecule has 0 rings (SSSR count). The van der Waals surface area contributed by atoms with Crippen molar-refractivity contribution in [1.82, 2.24) is 0 Å². The normalized spacial score (nSPS) is 14.5. The van der Waals surface area contributed by atoms with Crippen molar-refractivity contribution < 1.29 is 19.1 Å². The van der Waals surface area contributed by atoms with Crippen LogP contribution in [0.15, 0.2) is 0 Å². The fraction of sp³-hybridized carbons (Fsp3) is 0.882. The zero-order chi connectivity index (χ0) is 16.4. The highest BCUT2D eigenvalue weighted by atomic mass is 16.6. The van der Waals surface area contributed by atoms with Gasteiger partial charge in [-0.25, -0.2) is 0 Å². The first-order valence-corrected chi connectivity index (χ1v) is 8.14. The minimum absolute atomic E-state index is 0.0946. The van der Waals surface area contributed by atoms with Crippen LogP contribution in [-0.2, 0) is 19.1 Å². The van der Waals surface area contributed by atoms with E-state index in [-0.39, 0.29) is 11.6 Å². The molecular weight excluding hydrogens is 268 g/mol. The van der Waals surface area contributed by atoms with E-state index < -0.39 is 5.60 Å². The van der Waals surface area contributed by atoms with Crippen LogP contribution in [-0.4, -0.2) is 30.1 Å². The van der Waals surface area contributed by atoms with E-state index in [2.05, 4.69) is 20.8 Å². The van der Waals surface area contributed by atoms with Gasteiger partial charge in [0.1, 0.15) is 11.9 Å². The average molecular weight is 300 g/mol. The topological polar surface area (TPSA) is 52.6 Å². The highest BCUT2D eigenvalue weighted by Gasteiger charge is 2.28. The summed E-state index contributed by atoms with van der Waals surface area (Å²) in [6, 6.07) is 0. The highest BCUT2D eigenvalue weighted by Crippen LogP contribution is 2.25. The second-order valence-corrected chi connectivity index (χ2v) is 6.09. The lowest BCUT2D eigenvalue weighted by molar-refractivity contribution is -0.162. The van der Waals surface area contributed by atoms with Crippen LogP contribution in [0.3, 0.4) is 0 Å². The molecule has 1 atom stereocenters.